The second kappa shape index (κ2) is 3.05. The smallest absolute Gasteiger partial charge is 0.168 e. The van der Waals surface area contributed by atoms with E-state index < -0.39 is 0 Å². The van der Waals surface area contributed by atoms with Gasteiger partial charge < -0.3 is 0 Å². The molecule has 0 aliphatic heterocycles. The SMILES string of the molecule is O=Cc1cccc(C2CCC2)n1. The van der Waals surface area contributed by atoms with Gasteiger partial charge in [0.15, 0.2) is 6.29 Å². The van der Waals surface area contributed by atoms with Crippen molar-refractivity contribution in [1.82, 2.24) is 4.98 Å². The number of pyridine rings is 1. The van der Waals surface area contributed by atoms with E-state index in [1.165, 1.54) is 19.3 Å². The van der Waals surface area contributed by atoms with E-state index in [4.69, 9.17) is 0 Å². The van der Waals surface area contributed by atoms with Crippen molar-refractivity contribution < 1.29 is 4.79 Å². The van der Waals surface area contributed by atoms with Gasteiger partial charge in [-0.2, -0.15) is 0 Å². The molecule has 1 fully saturated rings. The van der Waals surface area contributed by atoms with E-state index in [1.54, 1.807) is 6.07 Å². The lowest BCUT2D eigenvalue weighted by molar-refractivity contribution is 0.111. The number of carbonyl (C=O) groups excluding carboxylic acids is 1. The number of aromatic nitrogens is 1. The first-order valence-corrected chi connectivity index (χ1v) is 4.32. The molecule has 0 aromatic carbocycles. The van der Waals surface area contributed by atoms with Gasteiger partial charge in [0, 0.05) is 11.6 Å². The van der Waals surface area contributed by atoms with Crippen molar-refractivity contribution in [2.45, 2.75) is 25.2 Å². The predicted molar refractivity (Wildman–Crippen MR) is 46.2 cm³/mol. The van der Waals surface area contributed by atoms with Crippen molar-refractivity contribution in [3.63, 3.8) is 0 Å². The Balaban J connectivity index is 2.25. The Morgan fingerprint density at radius 3 is 2.83 bits per heavy atom. The van der Waals surface area contributed by atoms with E-state index >= 15 is 0 Å². The average Bonchev–Trinajstić information content (AvgIpc) is 2.02. The molecule has 0 unspecified atom stereocenters. The Hall–Kier alpha value is -1.18. The van der Waals surface area contributed by atoms with Gasteiger partial charge in [0.2, 0.25) is 0 Å². The highest BCUT2D eigenvalue weighted by Crippen LogP contribution is 2.34. The summed E-state index contributed by atoms with van der Waals surface area (Å²) in [4.78, 5) is 14.7. The van der Waals surface area contributed by atoms with Crippen LogP contribution in [0.3, 0.4) is 0 Å². The molecule has 62 valence electrons. The summed E-state index contributed by atoms with van der Waals surface area (Å²) in [5.41, 5.74) is 1.64. The summed E-state index contributed by atoms with van der Waals surface area (Å²) >= 11 is 0. The Morgan fingerprint density at radius 2 is 2.25 bits per heavy atom. The Bertz CT molecular complexity index is 292. The van der Waals surface area contributed by atoms with Gasteiger partial charge in [-0.05, 0) is 25.0 Å². The number of carbonyl (C=O) groups is 1. The number of aldehydes is 1. The third-order valence-corrected chi connectivity index (χ3v) is 2.44. The summed E-state index contributed by atoms with van der Waals surface area (Å²) in [5.74, 6) is 0.616. The van der Waals surface area contributed by atoms with Gasteiger partial charge in [0.05, 0.1) is 0 Å². The van der Waals surface area contributed by atoms with Crippen LogP contribution in [0.5, 0.6) is 0 Å². The number of rotatable bonds is 2. The van der Waals surface area contributed by atoms with Crippen molar-refractivity contribution in [2.24, 2.45) is 0 Å². The summed E-state index contributed by atoms with van der Waals surface area (Å²) < 4.78 is 0. The van der Waals surface area contributed by atoms with Crippen LogP contribution in [0.1, 0.15) is 41.4 Å². The highest BCUT2D eigenvalue weighted by atomic mass is 16.1. The molecule has 12 heavy (non-hydrogen) atoms. The van der Waals surface area contributed by atoms with E-state index in [0.717, 1.165) is 12.0 Å². The summed E-state index contributed by atoms with van der Waals surface area (Å²) in [5, 5.41) is 0. The summed E-state index contributed by atoms with van der Waals surface area (Å²) in [7, 11) is 0. The van der Waals surface area contributed by atoms with Crippen molar-refractivity contribution >= 4 is 6.29 Å². The standard InChI is InChI=1S/C10H11NO/c12-7-9-5-2-6-10(11-9)8-3-1-4-8/h2,5-8H,1,3-4H2. The first-order valence-electron chi connectivity index (χ1n) is 4.32. The molecule has 0 atom stereocenters. The van der Waals surface area contributed by atoms with Crippen LogP contribution in [0.4, 0.5) is 0 Å². The minimum atomic E-state index is 0.555. The molecule has 0 radical (unpaired) electrons. The fourth-order valence-electron chi connectivity index (χ4n) is 1.47. The zero-order valence-corrected chi connectivity index (χ0v) is 6.86. The van der Waals surface area contributed by atoms with E-state index in [0.29, 0.717) is 11.6 Å². The van der Waals surface area contributed by atoms with Gasteiger partial charge in [0.1, 0.15) is 5.69 Å². The molecule has 0 spiro atoms. The van der Waals surface area contributed by atoms with Gasteiger partial charge in [-0.25, -0.2) is 4.98 Å². The molecule has 0 amide bonds. The molecule has 1 heterocycles. The minimum Gasteiger partial charge on any atom is -0.296 e. The number of hydrogen-bond acceptors (Lipinski definition) is 2. The first kappa shape index (κ1) is 7.47. The van der Waals surface area contributed by atoms with Gasteiger partial charge in [-0.3, -0.25) is 4.79 Å². The molecular formula is C10H11NO. The normalized spacial score (nSPS) is 17.0. The molecule has 2 heteroatoms. The summed E-state index contributed by atoms with van der Waals surface area (Å²) in [6, 6.07) is 5.66. The van der Waals surface area contributed by atoms with Gasteiger partial charge in [0.25, 0.3) is 0 Å². The average molecular weight is 161 g/mol. The molecule has 2 nitrogen and oxygen atoms in total. The van der Waals surface area contributed by atoms with Crippen molar-refractivity contribution in [1.29, 1.82) is 0 Å². The van der Waals surface area contributed by atoms with Crippen LogP contribution in [0.25, 0.3) is 0 Å². The monoisotopic (exact) mass is 161 g/mol. The van der Waals surface area contributed by atoms with Crippen LogP contribution in [0.2, 0.25) is 0 Å². The Labute approximate surface area is 71.6 Å². The molecule has 1 aromatic heterocycles. The highest BCUT2D eigenvalue weighted by molar-refractivity contribution is 5.71. The number of hydrogen-bond donors (Lipinski definition) is 0. The largest absolute Gasteiger partial charge is 0.296 e. The lowest BCUT2D eigenvalue weighted by atomic mass is 9.83. The Morgan fingerprint density at radius 1 is 1.42 bits per heavy atom. The Kier molecular flexibility index (Phi) is 1.90. The molecule has 1 aliphatic carbocycles. The molecule has 1 saturated carbocycles. The fourth-order valence-corrected chi connectivity index (χ4v) is 1.47. The lowest BCUT2D eigenvalue weighted by Gasteiger charge is -2.24. The molecular weight excluding hydrogens is 150 g/mol. The third kappa shape index (κ3) is 1.24. The maximum absolute atomic E-state index is 10.4. The van der Waals surface area contributed by atoms with Crippen molar-refractivity contribution in [3.05, 3.63) is 29.6 Å². The van der Waals surface area contributed by atoms with Crippen LogP contribution in [-0.2, 0) is 0 Å². The van der Waals surface area contributed by atoms with E-state index in [1.807, 2.05) is 12.1 Å². The van der Waals surface area contributed by atoms with Crippen LogP contribution in [0, 0.1) is 0 Å². The summed E-state index contributed by atoms with van der Waals surface area (Å²) in [6.45, 7) is 0. The van der Waals surface area contributed by atoms with Crippen LogP contribution in [-0.4, -0.2) is 11.3 Å². The molecule has 1 aromatic rings. The van der Waals surface area contributed by atoms with Gasteiger partial charge >= 0.3 is 0 Å². The second-order valence-corrected chi connectivity index (χ2v) is 3.23. The van der Waals surface area contributed by atoms with E-state index in [-0.39, 0.29) is 0 Å². The molecule has 1 aliphatic rings. The van der Waals surface area contributed by atoms with Crippen LogP contribution < -0.4 is 0 Å². The lowest BCUT2D eigenvalue weighted by Crippen LogP contribution is -2.11. The minimum absolute atomic E-state index is 0.555. The molecule has 0 N–H and O–H groups in total. The summed E-state index contributed by atoms with van der Waals surface area (Å²) in [6.07, 6.45) is 4.57. The van der Waals surface area contributed by atoms with Crippen molar-refractivity contribution in [3.8, 4) is 0 Å². The van der Waals surface area contributed by atoms with Crippen LogP contribution in [0.15, 0.2) is 18.2 Å². The quantitative estimate of drug-likeness (QED) is 0.622. The zero-order valence-electron chi connectivity index (χ0n) is 6.86. The third-order valence-electron chi connectivity index (χ3n) is 2.44. The van der Waals surface area contributed by atoms with E-state index in [9.17, 15) is 4.79 Å². The highest BCUT2D eigenvalue weighted by Gasteiger charge is 2.20. The number of nitrogens with zero attached hydrogens (tertiary/aromatic N) is 1. The van der Waals surface area contributed by atoms with Gasteiger partial charge in [-0.15, -0.1) is 0 Å². The maximum Gasteiger partial charge on any atom is 0.168 e. The van der Waals surface area contributed by atoms with Crippen molar-refractivity contribution in [2.75, 3.05) is 0 Å². The van der Waals surface area contributed by atoms with E-state index in [2.05, 4.69) is 4.98 Å². The zero-order chi connectivity index (χ0) is 8.39. The first-order chi connectivity index (χ1) is 5.90. The topological polar surface area (TPSA) is 30.0 Å². The second-order valence-electron chi connectivity index (χ2n) is 3.23. The fraction of sp³-hybridized carbons (Fsp3) is 0.400. The molecule has 2 rings (SSSR count). The predicted octanol–water partition coefficient (Wildman–Crippen LogP) is 2.16. The van der Waals surface area contributed by atoms with Crippen LogP contribution >= 0.6 is 0 Å². The maximum atomic E-state index is 10.4. The molecule has 0 saturated heterocycles. The van der Waals surface area contributed by atoms with Gasteiger partial charge in [-0.1, -0.05) is 12.5 Å². The molecule has 0 bridgehead atoms.